The highest BCUT2D eigenvalue weighted by atomic mass is 16.4. The summed E-state index contributed by atoms with van der Waals surface area (Å²) in [6.45, 7) is 0.852. The Morgan fingerprint density at radius 3 is 2.06 bits per heavy atom. The summed E-state index contributed by atoms with van der Waals surface area (Å²) in [5.74, 6) is -5.90. The quantitative estimate of drug-likeness (QED) is 0.0991. The zero-order chi connectivity index (χ0) is 27.0. The number of guanidine groups is 1. The summed E-state index contributed by atoms with van der Waals surface area (Å²) >= 11 is 0. The summed E-state index contributed by atoms with van der Waals surface area (Å²) in [6, 6.07) is 9.88. The number of carbonyl (C=O) groups excluding carboxylic acids is 3. The molecule has 14 heteroatoms. The number of nitrogens with two attached hydrogens (primary N) is 3. The number of urea groups is 1. The third-order valence-electron chi connectivity index (χ3n) is 4.78. The number of nitrogens with one attached hydrogen (secondary N) is 2. The molecule has 0 aliphatic heterocycles. The van der Waals surface area contributed by atoms with Crippen LogP contribution in [-0.2, 0) is 19.2 Å². The molecule has 0 bridgehead atoms. The first-order chi connectivity index (χ1) is 16.9. The van der Waals surface area contributed by atoms with Crippen LogP contribution in [0.4, 0.5) is 21.9 Å². The molecule has 3 amide bonds. The van der Waals surface area contributed by atoms with E-state index in [1.807, 2.05) is 5.32 Å². The lowest BCUT2D eigenvalue weighted by Crippen LogP contribution is -2.73. The highest BCUT2D eigenvalue weighted by molar-refractivity contribution is 6.19. The molecule has 2 aromatic rings. The van der Waals surface area contributed by atoms with Crippen molar-refractivity contribution in [3.05, 3.63) is 54.6 Å². The highest BCUT2D eigenvalue weighted by Crippen LogP contribution is 2.26. The van der Waals surface area contributed by atoms with Crippen molar-refractivity contribution >= 4 is 52.7 Å². The summed E-state index contributed by atoms with van der Waals surface area (Å²) in [6.07, 6.45) is -0.857. The fourth-order valence-electron chi connectivity index (χ4n) is 3.20. The first-order valence-electron chi connectivity index (χ1n) is 10.3. The molecule has 190 valence electrons. The minimum Gasteiger partial charge on any atom is -0.481 e. The van der Waals surface area contributed by atoms with Crippen molar-refractivity contribution in [3.63, 3.8) is 0 Å². The third-order valence-corrected chi connectivity index (χ3v) is 4.78. The van der Waals surface area contributed by atoms with E-state index >= 15 is 0 Å². The van der Waals surface area contributed by atoms with Crippen LogP contribution in [0.3, 0.4) is 0 Å². The zero-order valence-electron chi connectivity index (χ0n) is 19.0. The summed E-state index contributed by atoms with van der Waals surface area (Å²) in [5, 5.41) is 23.6. The van der Waals surface area contributed by atoms with E-state index in [-0.39, 0.29) is 17.3 Å². The number of rotatable bonds is 10. The lowest BCUT2D eigenvalue weighted by Gasteiger charge is -2.40. The number of carbonyl (C=O) groups is 5. The van der Waals surface area contributed by atoms with Crippen molar-refractivity contribution in [2.24, 2.45) is 22.2 Å². The minimum atomic E-state index is -2.98. The van der Waals surface area contributed by atoms with Gasteiger partial charge in [-0.15, -0.1) is 0 Å². The molecule has 0 radical (unpaired) electrons. The van der Waals surface area contributed by atoms with Crippen molar-refractivity contribution in [2.45, 2.75) is 25.0 Å². The zero-order valence-corrected chi connectivity index (χ0v) is 19.0. The predicted molar refractivity (Wildman–Crippen MR) is 129 cm³/mol. The summed E-state index contributed by atoms with van der Waals surface area (Å²) in [4.78, 5) is 66.8. The minimum absolute atomic E-state index is 0.122. The Hall–Kier alpha value is -4.98. The summed E-state index contributed by atoms with van der Waals surface area (Å²) in [5.41, 5.74) is 13.8. The van der Waals surface area contributed by atoms with Crippen LogP contribution in [0.25, 0.3) is 0 Å². The number of Topliss-reactive ketones (excluding diaryl/α,β-unsaturated/α-hetero) is 1. The first-order valence-corrected chi connectivity index (χ1v) is 10.3. The number of ketones is 1. The lowest BCUT2D eigenvalue weighted by molar-refractivity contribution is -0.151. The van der Waals surface area contributed by atoms with Crippen LogP contribution in [0.15, 0.2) is 59.6 Å². The molecule has 2 atom stereocenters. The summed E-state index contributed by atoms with van der Waals surface area (Å²) < 4.78 is 0. The number of aliphatic carboxylic acids is 2. The van der Waals surface area contributed by atoms with Gasteiger partial charge in [0.25, 0.3) is 5.66 Å². The SMILES string of the molecule is CC(=O)[C@@](NC(=O)Nc1ccc(N=C(N)N)cc1)(C(=O)O)N(C(=O)[C@@H](N)CC(=O)O)c1ccccc1. The van der Waals surface area contributed by atoms with Crippen LogP contribution in [-0.4, -0.2) is 57.5 Å². The smallest absolute Gasteiger partial charge is 0.359 e. The van der Waals surface area contributed by atoms with Gasteiger partial charge in [0.1, 0.15) is 0 Å². The van der Waals surface area contributed by atoms with E-state index in [2.05, 4.69) is 10.3 Å². The number of carboxylic acids is 2. The Kier molecular flexibility index (Phi) is 8.66. The highest BCUT2D eigenvalue weighted by Gasteiger charge is 2.54. The Labute approximate surface area is 204 Å². The molecule has 2 aromatic carbocycles. The monoisotopic (exact) mass is 499 g/mol. The van der Waals surface area contributed by atoms with Crippen molar-refractivity contribution in [1.82, 2.24) is 5.32 Å². The normalized spacial score (nSPS) is 12.8. The molecule has 0 aliphatic carbocycles. The molecular weight excluding hydrogens is 474 g/mol. The largest absolute Gasteiger partial charge is 0.481 e. The molecule has 10 N–H and O–H groups in total. The average Bonchev–Trinajstić information content (AvgIpc) is 2.79. The van der Waals surface area contributed by atoms with Gasteiger partial charge in [0.2, 0.25) is 5.91 Å². The van der Waals surface area contributed by atoms with Crippen LogP contribution in [0.5, 0.6) is 0 Å². The Morgan fingerprint density at radius 2 is 1.58 bits per heavy atom. The van der Waals surface area contributed by atoms with Gasteiger partial charge in [-0.3, -0.25) is 24.6 Å². The predicted octanol–water partition coefficient (Wildman–Crippen LogP) is -0.0819. The lowest BCUT2D eigenvalue weighted by atomic mass is 9.99. The Bertz CT molecular complexity index is 1160. The van der Waals surface area contributed by atoms with Gasteiger partial charge in [0, 0.05) is 11.4 Å². The van der Waals surface area contributed by atoms with Crippen LogP contribution < -0.4 is 32.7 Å². The molecule has 0 saturated carbocycles. The van der Waals surface area contributed by atoms with E-state index in [9.17, 15) is 29.1 Å². The van der Waals surface area contributed by atoms with Crippen LogP contribution in [0.2, 0.25) is 0 Å². The number of benzene rings is 2. The topological polar surface area (TPSA) is 244 Å². The van der Waals surface area contributed by atoms with Gasteiger partial charge in [0.15, 0.2) is 11.7 Å². The number of aliphatic imine (C=N–C) groups is 1. The van der Waals surface area contributed by atoms with Crippen LogP contribution in [0.1, 0.15) is 13.3 Å². The Morgan fingerprint density at radius 1 is 1.00 bits per heavy atom. The molecule has 0 aromatic heterocycles. The van der Waals surface area contributed by atoms with E-state index in [0.29, 0.717) is 10.6 Å². The number of amides is 3. The maximum absolute atomic E-state index is 13.2. The molecule has 0 saturated heterocycles. The second-order valence-corrected chi connectivity index (χ2v) is 7.45. The maximum atomic E-state index is 13.2. The number of anilines is 2. The molecule has 36 heavy (non-hydrogen) atoms. The van der Waals surface area contributed by atoms with Gasteiger partial charge in [-0.1, -0.05) is 18.2 Å². The molecule has 0 fully saturated rings. The van der Waals surface area contributed by atoms with Crippen LogP contribution >= 0.6 is 0 Å². The second-order valence-electron chi connectivity index (χ2n) is 7.45. The standard InChI is InChI=1S/C22H25N7O7/c1-12(30)22(19(34)35,28-21(36)27-14-9-7-13(8-10-14)26-20(24)25)29(15-5-3-2-4-6-15)18(33)16(23)11-17(31)32/h2-10,16H,11,23H2,1H3,(H,31,32)(H,34,35)(H4,24,25,26)(H2,27,28,36)/t16-,22-/m0/s1. The van der Waals surface area contributed by atoms with Gasteiger partial charge in [-0.25, -0.2) is 14.6 Å². The molecule has 0 spiro atoms. The van der Waals surface area contributed by atoms with Gasteiger partial charge in [-0.05, 0) is 43.3 Å². The Balaban J connectivity index is 2.51. The number of para-hydroxylation sites is 1. The fourth-order valence-corrected chi connectivity index (χ4v) is 3.20. The van der Waals surface area contributed by atoms with Crippen LogP contribution in [0, 0.1) is 0 Å². The number of nitrogens with zero attached hydrogens (tertiary/aromatic N) is 2. The van der Waals surface area contributed by atoms with E-state index in [1.165, 1.54) is 48.5 Å². The molecule has 14 nitrogen and oxygen atoms in total. The summed E-state index contributed by atoms with van der Waals surface area (Å²) in [7, 11) is 0. The van der Waals surface area contributed by atoms with Gasteiger partial charge in [-0.2, -0.15) is 0 Å². The maximum Gasteiger partial charge on any atom is 0.359 e. The third kappa shape index (κ3) is 6.32. The molecule has 0 heterocycles. The van der Waals surface area contributed by atoms with Gasteiger partial charge < -0.3 is 32.7 Å². The number of hydrogen-bond acceptors (Lipinski definition) is 7. The van der Waals surface area contributed by atoms with Gasteiger partial charge >= 0.3 is 18.0 Å². The van der Waals surface area contributed by atoms with E-state index in [4.69, 9.17) is 22.3 Å². The van der Waals surface area contributed by atoms with Gasteiger partial charge in [0.05, 0.1) is 18.2 Å². The van der Waals surface area contributed by atoms with Crippen molar-refractivity contribution in [2.75, 3.05) is 10.2 Å². The molecular formula is C22H25N7O7. The van der Waals surface area contributed by atoms with E-state index in [1.54, 1.807) is 6.07 Å². The molecule has 0 unspecified atom stereocenters. The van der Waals surface area contributed by atoms with E-state index < -0.39 is 47.8 Å². The van der Waals surface area contributed by atoms with Crippen molar-refractivity contribution in [1.29, 1.82) is 0 Å². The molecule has 0 aliphatic rings. The number of hydrogen-bond donors (Lipinski definition) is 7. The first kappa shape index (κ1) is 27.3. The fraction of sp³-hybridized carbons (Fsp3) is 0.182. The number of carboxylic acid groups (broad SMARTS) is 2. The van der Waals surface area contributed by atoms with Crippen molar-refractivity contribution < 1.29 is 34.2 Å². The second kappa shape index (κ2) is 11.4. The average molecular weight is 499 g/mol. The van der Waals surface area contributed by atoms with Crippen molar-refractivity contribution in [3.8, 4) is 0 Å². The molecule has 2 rings (SSSR count). The van der Waals surface area contributed by atoms with E-state index in [0.717, 1.165) is 6.92 Å².